The van der Waals surface area contributed by atoms with Crippen molar-refractivity contribution in [3.05, 3.63) is 34.9 Å². The van der Waals surface area contributed by atoms with E-state index in [1.165, 1.54) is 0 Å². The first-order valence-electron chi connectivity index (χ1n) is 5.89. The molecule has 1 amide bonds. The number of nitrogens with two attached hydrogens (primary N) is 1. The molecule has 4 heteroatoms. The third kappa shape index (κ3) is 2.99. The van der Waals surface area contributed by atoms with Crippen molar-refractivity contribution in [3.63, 3.8) is 0 Å². The van der Waals surface area contributed by atoms with Gasteiger partial charge in [0.2, 0.25) is 5.91 Å². The van der Waals surface area contributed by atoms with Gasteiger partial charge < -0.3 is 10.6 Å². The Bertz CT molecular complexity index is 416. The molecule has 0 unspecified atom stereocenters. The zero-order chi connectivity index (χ0) is 12.4. The number of amides is 1. The van der Waals surface area contributed by atoms with Gasteiger partial charge in [0.1, 0.15) is 0 Å². The van der Waals surface area contributed by atoms with E-state index in [0.29, 0.717) is 17.6 Å². The van der Waals surface area contributed by atoms with Crippen LogP contribution in [0.1, 0.15) is 25.3 Å². The molecular weight excluding hydrogens is 236 g/mol. The third-order valence-corrected chi connectivity index (χ3v) is 3.33. The van der Waals surface area contributed by atoms with Crippen molar-refractivity contribution in [2.45, 2.75) is 38.4 Å². The predicted octanol–water partition coefficient (Wildman–Crippen LogP) is 2.18. The molecule has 0 spiro atoms. The zero-order valence-corrected chi connectivity index (χ0v) is 10.7. The molecule has 0 aliphatic heterocycles. The van der Waals surface area contributed by atoms with Gasteiger partial charge in [0.15, 0.2) is 0 Å². The molecule has 1 aliphatic carbocycles. The molecule has 0 heterocycles. The first kappa shape index (κ1) is 12.4. The van der Waals surface area contributed by atoms with Crippen LogP contribution in [0, 0.1) is 0 Å². The van der Waals surface area contributed by atoms with Crippen molar-refractivity contribution in [1.82, 2.24) is 4.90 Å². The van der Waals surface area contributed by atoms with E-state index in [0.717, 1.165) is 18.4 Å². The Morgan fingerprint density at radius 3 is 2.71 bits per heavy atom. The summed E-state index contributed by atoms with van der Waals surface area (Å²) in [5, 5.41) is 0.704. The molecule has 0 bridgehead atoms. The van der Waals surface area contributed by atoms with Crippen LogP contribution in [-0.4, -0.2) is 22.9 Å². The van der Waals surface area contributed by atoms with Crippen molar-refractivity contribution < 1.29 is 4.79 Å². The quantitative estimate of drug-likeness (QED) is 0.893. The van der Waals surface area contributed by atoms with Gasteiger partial charge in [0, 0.05) is 17.6 Å². The molecule has 1 aliphatic rings. The molecule has 1 atom stereocenters. The standard InChI is InChI=1S/C13H17ClN2O/c1-9(15)13(17)16(11-6-7-11)8-10-4-2-3-5-12(10)14/h2-5,9,11H,6-8,15H2,1H3/t9-/m0/s1. The van der Waals surface area contributed by atoms with Crippen LogP contribution in [0.3, 0.4) is 0 Å². The van der Waals surface area contributed by atoms with Crippen LogP contribution >= 0.6 is 11.6 Å². The number of halogens is 1. The largest absolute Gasteiger partial charge is 0.334 e. The van der Waals surface area contributed by atoms with Crippen LogP contribution in [-0.2, 0) is 11.3 Å². The van der Waals surface area contributed by atoms with E-state index in [1.807, 2.05) is 29.2 Å². The summed E-state index contributed by atoms with van der Waals surface area (Å²) in [6.45, 7) is 2.29. The smallest absolute Gasteiger partial charge is 0.239 e. The lowest BCUT2D eigenvalue weighted by atomic mass is 10.2. The molecule has 1 aromatic carbocycles. The predicted molar refractivity (Wildman–Crippen MR) is 68.7 cm³/mol. The van der Waals surface area contributed by atoms with Crippen molar-refractivity contribution in [1.29, 1.82) is 0 Å². The van der Waals surface area contributed by atoms with Gasteiger partial charge in [0.25, 0.3) is 0 Å². The van der Waals surface area contributed by atoms with Crippen molar-refractivity contribution in [2.24, 2.45) is 5.73 Å². The van der Waals surface area contributed by atoms with E-state index in [4.69, 9.17) is 17.3 Å². The van der Waals surface area contributed by atoms with Crippen molar-refractivity contribution >= 4 is 17.5 Å². The molecule has 17 heavy (non-hydrogen) atoms. The summed E-state index contributed by atoms with van der Waals surface area (Å²) in [7, 11) is 0. The highest BCUT2D eigenvalue weighted by molar-refractivity contribution is 6.31. The second kappa shape index (κ2) is 5.07. The van der Waals surface area contributed by atoms with E-state index in [-0.39, 0.29) is 5.91 Å². The van der Waals surface area contributed by atoms with E-state index in [1.54, 1.807) is 6.92 Å². The number of nitrogens with zero attached hydrogens (tertiary/aromatic N) is 1. The molecule has 0 saturated heterocycles. The van der Waals surface area contributed by atoms with Crippen molar-refractivity contribution in [2.75, 3.05) is 0 Å². The summed E-state index contributed by atoms with van der Waals surface area (Å²) in [6, 6.07) is 7.52. The monoisotopic (exact) mass is 252 g/mol. The highest BCUT2D eigenvalue weighted by Gasteiger charge is 2.33. The van der Waals surface area contributed by atoms with Gasteiger partial charge in [-0.05, 0) is 31.4 Å². The van der Waals surface area contributed by atoms with Gasteiger partial charge in [-0.25, -0.2) is 0 Å². The van der Waals surface area contributed by atoms with Gasteiger partial charge in [-0.15, -0.1) is 0 Å². The van der Waals surface area contributed by atoms with Gasteiger partial charge >= 0.3 is 0 Å². The fourth-order valence-electron chi connectivity index (χ4n) is 1.84. The Morgan fingerprint density at radius 2 is 2.18 bits per heavy atom. The second-order valence-corrected chi connectivity index (χ2v) is 4.98. The lowest BCUT2D eigenvalue weighted by Crippen LogP contribution is -2.42. The Balaban J connectivity index is 2.13. The topological polar surface area (TPSA) is 46.3 Å². The number of rotatable bonds is 4. The molecule has 1 aromatic rings. The lowest BCUT2D eigenvalue weighted by Gasteiger charge is -2.24. The third-order valence-electron chi connectivity index (χ3n) is 2.96. The molecule has 2 N–H and O–H groups in total. The number of benzene rings is 1. The number of carbonyl (C=O) groups excluding carboxylic acids is 1. The Morgan fingerprint density at radius 1 is 1.53 bits per heavy atom. The SMILES string of the molecule is C[C@H](N)C(=O)N(Cc1ccccc1Cl)C1CC1. The molecule has 0 aromatic heterocycles. The fourth-order valence-corrected chi connectivity index (χ4v) is 2.04. The first-order chi connectivity index (χ1) is 8.09. The van der Waals surface area contributed by atoms with Gasteiger partial charge in [-0.2, -0.15) is 0 Å². The van der Waals surface area contributed by atoms with E-state index in [9.17, 15) is 4.79 Å². The maximum atomic E-state index is 12.0. The number of hydrogen-bond acceptors (Lipinski definition) is 2. The first-order valence-corrected chi connectivity index (χ1v) is 6.27. The Hall–Kier alpha value is -1.06. The second-order valence-electron chi connectivity index (χ2n) is 4.58. The van der Waals surface area contributed by atoms with Crippen LogP contribution in [0.4, 0.5) is 0 Å². The molecule has 0 radical (unpaired) electrons. The molecular formula is C13H17ClN2O. The Labute approximate surface area is 107 Å². The summed E-state index contributed by atoms with van der Waals surface area (Å²) < 4.78 is 0. The van der Waals surface area contributed by atoms with Gasteiger partial charge in [-0.1, -0.05) is 29.8 Å². The summed E-state index contributed by atoms with van der Waals surface area (Å²) >= 11 is 6.11. The van der Waals surface area contributed by atoms with Crippen LogP contribution in [0.5, 0.6) is 0 Å². The van der Waals surface area contributed by atoms with Crippen LogP contribution in [0.25, 0.3) is 0 Å². The lowest BCUT2D eigenvalue weighted by molar-refractivity contribution is -0.133. The van der Waals surface area contributed by atoms with E-state index in [2.05, 4.69) is 0 Å². The maximum Gasteiger partial charge on any atom is 0.239 e. The fraction of sp³-hybridized carbons (Fsp3) is 0.462. The highest BCUT2D eigenvalue weighted by Crippen LogP contribution is 2.30. The van der Waals surface area contributed by atoms with E-state index >= 15 is 0 Å². The molecule has 1 saturated carbocycles. The minimum absolute atomic E-state index is 0.00687. The number of hydrogen-bond donors (Lipinski definition) is 1. The average Bonchev–Trinajstić information content (AvgIpc) is 3.11. The summed E-state index contributed by atoms with van der Waals surface area (Å²) in [5.41, 5.74) is 6.65. The molecule has 1 fully saturated rings. The zero-order valence-electron chi connectivity index (χ0n) is 9.90. The summed E-state index contributed by atoms with van der Waals surface area (Å²) in [4.78, 5) is 13.9. The summed E-state index contributed by atoms with van der Waals surface area (Å²) in [6.07, 6.45) is 2.14. The normalized spacial score (nSPS) is 16.6. The molecule has 2 rings (SSSR count). The van der Waals surface area contributed by atoms with Crippen LogP contribution < -0.4 is 5.73 Å². The summed E-state index contributed by atoms with van der Waals surface area (Å²) in [5.74, 6) is 0.00687. The molecule has 3 nitrogen and oxygen atoms in total. The van der Waals surface area contributed by atoms with Crippen molar-refractivity contribution in [3.8, 4) is 0 Å². The minimum Gasteiger partial charge on any atom is -0.334 e. The van der Waals surface area contributed by atoms with E-state index < -0.39 is 6.04 Å². The average molecular weight is 253 g/mol. The number of carbonyl (C=O) groups is 1. The highest BCUT2D eigenvalue weighted by atomic mass is 35.5. The van der Waals surface area contributed by atoms with Gasteiger partial charge in [0.05, 0.1) is 6.04 Å². The Kier molecular flexibility index (Phi) is 3.69. The maximum absolute atomic E-state index is 12.0. The van der Waals surface area contributed by atoms with Crippen LogP contribution in [0.2, 0.25) is 5.02 Å². The molecule has 92 valence electrons. The van der Waals surface area contributed by atoms with Crippen LogP contribution in [0.15, 0.2) is 24.3 Å². The minimum atomic E-state index is -0.446. The van der Waals surface area contributed by atoms with Gasteiger partial charge in [-0.3, -0.25) is 4.79 Å².